The van der Waals surface area contributed by atoms with Gasteiger partial charge in [0.2, 0.25) is 0 Å². The fourth-order valence-electron chi connectivity index (χ4n) is 9.86. The zero-order chi connectivity index (χ0) is 37.1. The first kappa shape index (κ1) is 33.4. The molecular formula is C53H46N2. The quantitative estimate of drug-likeness (QED) is 0.139. The molecule has 6 aromatic carbocycles. The van der Waals surface area contributed by atoms with Crippen molar-refractivity contribution in [3.8, 4) is 16.8 Å². The molecule has 268 valence electrons. The van der Waals surface area contributed by atoms with Crippen molar-refractivity contribution in [1.29, 1.82) is 0 Å². The zero-order valence-corrected chi connectivity index (χ0v) is 32.0. The maximum absolute atomic E-state index is 2.47. The Kier molecular flexibility index (Phi) is 8.10. The highest BCUT2D eigenvalue weighted by molar-refractivity contribution is 6.08. The minimum absolute atomic E-state index is 0.00883. The monoisotopic (exact) mass is 710 g/mol. The lowest BCUT2D eigenvalue weighted by Crippen LogP contribution is -2.23. The molecule has 2 aliphatic rings. The Morgan fingerprint density at radius 2 is 1.11 bits per heavy atom. The fraction of sp³-hybridized carbons (Fsp3) is 0.170. The molecule has 0 fully saturated rings. The van der Waals surface area contributed by atoms with E-state index in [4.69, 9.17) is 0 Å². The number of allylic oxidation sites excluding steroid dienone is 1. The summed E-state index contributed by atoms with van der Waals surface area (Å²) < 4.78 is 4.84. The summed E-state index contributed by atoms with van der Waals surface area (Å²) in [5.74, 6) is 0. The lowest BCUT2D eigenvalue weighted by molar-refractivity contribution is 0.490. The normalized spacial score (nSPS) is 14.5. The third kappa shape index (κ3) is 5.30. The molecule has 0 amide bonds. The van der Waals surface area contributed by atoms with Crippen LogP contribution in [0.25, 0.3) is 79.9 Å². The lowest BCUT2D eigenvalue weighted by atomic mass is 9.73. The number of aryl methyl sites for hydroxylation is 2. The van der Waals surface area contributed by atoms with Crippen LogP contribution in [0.1, 0.15) is 84.7 Å². The Hall–Kier alpha value is -6.12. The first-order valence-electron chi connectivity index (χ1n) is 20.2. The van der Waals surface area contributed by atoms with Crippen molar-refractivity contribution in [2.24, 2.45) is 0 Å². The summed E-state index contributed by atoms with van der Waals surface area (Å²) in [4.78, 5) is 0. The third-order valence-corrected chi connectivity index (χ3v) is 12.7. The number of fused-ring (bicyclic) bond motifs is 9. The highest BCUT2D eigenvalue weighted by Gasteiger charge is 2.40. The topological polar surface area (TPSA) is 9.86 Å². The van der Waals surface area contributed by atoms with E-state index in [2.05, 4.69) is 194 Å². The standard InChI is InChI=1S/C53H46N2/c1-4-53(5-2)47-34-38(22-20-36-26-30-50-45(32-36)43-16-10-12-18-49(43)54(50)6-3)24-28-41(47)42-29-25-39(35-48(42)53)23-21-37-27-31-52-46(33-37)44-17-11-13-19-51(44)55(52)40-14-8-7-9-15-40/h7-10,12-16,18-35H,4-6,11,17H2,1-3H3/b22-20+,23-21+. The van der Waals surface area contributed by atoms with Gasteiger partial charge in [0.25, 0.3) is 0 Å². The average Bonchev–Trinajstić information content (AvgIpc) is 3.85. The van der Waals surface area contributed by atoms with Crippen LogP contribution >= 0.6 is 0 Å². The molecule has 2 heteroatoms. The Balaban J connectivity index is 0.962. The van der Waals surface area contributed by atoms with E-state index in [9.17, 15) is 0 Å². The molecule has 0 aliphatic heterocycles. The van der Waals surface area contributed by atoms with E-state index in [0.717, 1.165) is 32.2 Å². The van der Waals surface area contributed by atoms with Gasteiger partial charge in [-0.25, -0.2) is 0 Å². The van der Waals surface area contributed by atoms with Gasteiger partial charge in [-0.15, -0.1) is 0 Å². The number of para-hydroxylation sites is 2. The van der Waals surface area contributed by atoms with Gasteiger partial charge in [0.15, 0.2) is 0 Å². The number of rotatable bonds is 8. The Morgan fingerprint density at radius 3 is 1.76 bits per heavy atom. The Morgan fingerprint density at radius 1 is 0.545 bits per heavy atom. The number of aromatic nitrogens is 2. The second kappa shape index (κ2) is 13.3. The Labute approximate surface area is 324 Å². The molecular weight excluding hydrogens is 665 g/mol. The van der Waals surface area contributed by atoms with Crippen LogP contribution in [0, 0.1) is 0 Å². The van der Waals surface area contributed by atoms with Crippen LogP contribution in [-0.4, -0.2) is 9.13 Å². The zero-order valence-electron chi connectivity index (χ0n) is 32.0. The summed E-state index contributed by atoms with van der Waals surface area (Å²) in [5, 5.41) is 4.01. The smallest absolute Gasteiger partial charge is 0.0538 e. The summed E-state index contributed by atoms with van der Waals surface area (Å²) in [7, 11) is 0. The molecule has 0 radical (unpaired) electrons. The van der Waals surface area contributed by atoms with Gasteiger partial charge in [-0.05, 0) is 131 Å². The van der Waals surface area contributed by atoms with E-state index in [1.807, 2.05) is 0 Å². The van der Waals surface area contributed by atoms with Gasteiger partial charge in [0.1, 0.15) is 0 Å². The van der Waals surface area contributed by atoms with Crippen molar-refractivity contribution in [1.82, 2.24) is 9.13 Å². The van der Waals surface area contributed by atoms with E-state index in [0.29, 0.717) is 0 Å². The van der Waals surface area contributed by atoms with Gasteiger partial charge in [-0.2, -0.15) is 0 Å². The lowest BCUT2D eigenvalue weighted by Gasteiger charge is -2.30. The molecule has 2 aliphatic carbocycles. The minimum Gasteiger partial charge on any atom is -0.341 e. The Bertz CT molecular complexity index is 2870. The van der Waals surface area contributed by atoms with Gasteiger partial charge >= 0.3 is 0 Å². The summed E-state index contributed by atoms with van der Waals surface area (Å²) in [6.45, 7) is 7.92. The van der Waals surface area contributed by atoms with Crippen LogP contribution in [-0.2, 0) is 18.4 Å². The highest BCUT2D eigenvalue weighted by atomic mass is 15.0. The van der Waals surface area contributed by atoms with Gasteiger partial charge in [-0.1, -0.05) is 129 Å². The van der Waals surface area contributed by atoms with Crippen LogP contribution in [0.2, 0.25) is 0 Å². The molecule has 2 nitrogen and oxygen atoms in total. The van der Waals surface area contributed by atoms with Gasteiger partial charge in [0.05, 0.1) is 5.52 Å². The molecule has 10 rings (SSSR count). The van der Waals surface area contributed by atoms with E-state index in [1.165, 1.54) is 94.2 Å². The molecule has 0 unspecified atom stereocenters. The van der Waals surface area contributed by atoms with E-state index < -0.39 is 0 Å². The van der Waals surface area contributed by atoms with E-state index >= 15 is 0 Å². The summed E-state index contributed by atoms with van der Waals surface area (Å²) >= 11 is 0. The molecule has 8 aromatic rings. The van der Waals surface area contributed by atoms with Crippen LogP contribution in [0.15, 0.2) is 133 Å². The van der Waals surface area contributed by atoms with Crippen molar-refractivity contribution in [3.63, 3.8) is 0 Å². The molecule has 0 N–H and O–H groups in total. The minimum atomic E-state index is -0.00883. The molecule has 55 heavy (non-hydrogen) atoms. The first-order valence-corrected chi connectivity index (χ1v) is 20.2. The maximum Gasteiger partial charge on any atom is 0.0538 e. The van der Waals surface area contributed by atoms with E-state index in [-0.39, 0.29) is 5.41 Å². The number of hydrogen-bond acceptors (Lipinski definition) is 0. The highest BCUT2D eigenvalue weighted by Crippen LogP contribution is 2.53. The molecule has 0 saturated carbocycles. The number of hydrogen-bond donors (Lipinski definition) is 0. The van der Waals surface area contributed by atoms with Crippen LogP contribution in [0.3, 0.4) is 0 Å². The predicted molar refractivity (Wildman–Crippen MR) is 237 cm³/mol. The second-order valence-electron chi connectivity index (χ2n) is 15.4. The SMILES string of the molecule is CCn1c2ccccc2c2cc(/C=C/c3ccc4c(c3)C(CC)(CC)c3cc(/C=C/c5ccc6c(c5)c5c(n6-c6ccccc6)C=CCC5)ccc3-4)ccc21. The van der Waals surface area contributed by atoms with Gasteiger partial charge < -0.3 is 9.13 Å². The van der Waals surface area contributed by atoms with Gasteiger partial charge in [0, 0.05) is 50.5 Å². The van der Waals surface area contributed by atoms with Crippen molar-refractivity contribution in [2.45, 2.75) is 58.4 Å². The first-order chi connectivity index (χ1) is 27.1. The van der Waals surface area contributed by atoms with Gasteiger partial charge in [-0.3, -0.25) is 0 Å². The van der Waals surface area contributed by atoms with Crippen molar-refractivity contribution >= 4 is 63.1 Å². The molecule has 0 spiro atoms. The average molecular weight is 711 g/mol. The molecule has 2 heterocycles. The van der Waals surface area contributed by atoms with Crippen molar-refractivity contribution in [3.05, 3.63) is 178 Å². The summed E-state index contributed by atoms with van der Waals surface area (Å²) in [6, 6.07) is 47.7. The molecule has 2 aromatic heterocycles. The van der Waals surface area contributed by atoms with Crippen LogP contribution < -0.4 is 0 Å². The summed E-state index contributed by atoms with van der Waals surface area (Å²) in [6.07, 6.45) is 18.1. The second-order valence-corrected chi connectivity index (χ2v) is 15.4. The number of nitrogens with zero attached hydrogens (tertiary/aromatic N) is 2. The third-order valence-electron chi connectivity index (χ3n) is 12.7. The largest absolute Gasteiger partial charge is 0.341 e. The molecule has 0 saturated heterocycles. The fourth-order valence-corrected chi connectivity index (χ4v) is 9.86. The van der Waals surface area contributed by atoms with Crippen LogP contribution in [0.4, 0.5) is 0 Å². The maximum atomic E-state index is 2.47. The molecule has 0 atom stereocenters. The van der Waals surface area contributed by atoms with Crippen LogP contribution in [0.5, 0.6) is 0 Å². The molecule has 0 bridgehead atoms. The van der Waals surface area contributed by atoms with Crippen molar-refractivity contribution < 1.29 is 0 Å². The van der Waals surface area contributed by atoms with Crippen molar-refractivity contribution in [2.75, 3.05) is 0 Å². The number of benzene rings is 6. The summed E-state index contributed by atoms with van der Waals surface area (Å²) in [5.41, 5.74) is 18.5. The predicted octanol–water partition coefficient (Wildman–Crippen LogP) is 14.1. The van der Waals surface area contributed by atoms with E-state index in [1.54, 1.807) is 0 Å².